The lowest BCUT2D eigenvalue weighted by atomic mass is 9.90. The molecule has 0 spiro atoms. The maximum Gasteiger partial charge on any atom is 0.229 e. The Labute approximate surface area is 237 Å². The number of piperidine rings is 1. The third-order valence-corrected chi connectivity index (χ3v) is 7.56. The number of nitrogens with zero attached hydrogens (tertiary/aromatic N) is 4. The van der Waals surface area contributed by atoms with E-state index in [2.05, 4.69) is 45.2 Å². The van der Waals surface area contributed by atoms with Crippen LogP contribution in [0.25, 0.3) is 0 Å². The highest BCUT2D eigenvalue weighted by Gasteiger charge is 2.25. The van der Waals surface area contributed by atoms with Crippen molar-refractivity contribution in [1.82, 2.24) is 14.9 Å². The summed E-state index contributed by atoms with van der Waals surface area (Å²) in [7, 11) is 0. The van der Waals surface area contributed by atoms with Crippen LogP contribution in [0.4, 0.5) is 11.5 Å². The zero-order valence-corrected chi connectivity index (χ0v) is 23.5. The Bertz CT molecular complexity index is 1210. The highest BCUT2D eigenvalue weighted by Crippen LogP contribution is 2.33. The largest absolute Gasteiger partial charge is 0.299 e. The first-order valence-electron chi connectivity index (χ1n) is 13.1. The number of amides is 1. The predicted molar refractivity (Wildman–Crippen MR) is 156 cm³/mol. The number of rotatable bonds is 8. The Morgan fingerprint density at radius 3 is 2.34 bits per heavy atom. The molecule has 0 N–H and O–H groups in total. The predicted octanol–water partition coefficient (Wildman–Crippen LogP) is 6.37. The average molecular weight is 556 g/mol. The van der Waals surface area contributed by atoms with E-state index >= 15 is 0 Å². The van der Waals surface area contributed by atoms with Crippen molar-refractivity contribution >= 4 is 48.0 Å². The summed E-state index contributed by atoms with van der Waals surface area (Å²) in [6.45, 7) is 4.74. The number of likely N-dealkylation sites (tertiary alicyclic amines) is 1. The van der Waals surface area contributed by atoms with Gasteiger partial charge in [0.15, 0.2) is 5.78 Å². The number of fused-ring (bicyclic) bond motifs is 1. The molecular formula is C30H36Cl2N4O2. The van der Waals surface area contributed by atoms with Crippen molar-refractivity contribution in [2.24, 2.45) is 5.92 Å². The minimum Gasteiger partial charge on any atom is -0.299 e. The molecule has 1 amide bonds. The van der Waals surface area contributed by atoms with E-state index in [9.17, 15) is 9.59 Å². The van der Waals surface area contributed by atoms with Crippen molar-refractivity contribution in [3.05, 3.63) is 83.3 Å². The molecule has 1 aliphatic carbocycles. The van der Waals surface area contributed by atoms with E-state index in [-0.39, 0.29) is 36.5 Å². The number of benzene rings is 2. The molecule has 0 unspecified atom stereocenters. The van der Waals surface area contributed by atoms with Crippen LogP contribution in [0.2, 0.25) is 0 Å². The lowest BCUT2D eigenvalue weighted by Crippen LogP contribution is -2.33. The number of hydrogen-bond acceptors (Lipinski definition) is 5. The van der Waals surface area contributed by atoms with Crippen molar-refractivity contribution in [1.29, 1.82) is 0 Å². The molecule has 3 aromatic rings. The van der Waals surface area contributed by atoms with Crippen LogP contribution in [0.5, 0.6) is 0 Å². The molecule has 1 aromatic heterocycles. The van der Waals surface area contributed by atoms with Gasteiger partial charge in [-0.15, -0.1) is 24.8 Å². The van der Waals surface area contributed by atoms with Crippen molar-refractivity contribution in [2.45, 2.75) is 58.4 Å². The number of halogens is 2. The van der Waals surface area contributed by atoms with Crippen molar-refractivity contribution in [3.8, 4) is 0 Å². The monoisotopic (exact) mass is 554 g/mol. The molecule has 6 nitrogen and oxygen atoms in total. The van der Waals surface area contributed by atoms with Gasteiger partial charge in [0.1, 0.15) is 12.1 Å². The third-order valence-electron chi connectivity index (χ3n) is 7.56. The number of aryl methyl sites for hydroxylation is 1. The summed E-state index contributed by atoms with van der Waals surface area (Å²) in [6, 6.07) is 18.0. The van der Waals surface area contributed by atoms with Crippen LogP contribution < -0.4 is 4.90 Å². The molecular weight excluding hydrogens is 519 g/mol. The van der Waals surface area contributed by atoms with Gasteiger partial charge in [-0.3, -0.25) is 19.4 Å². The summed E-state index contributed by atoms with van der Waals surface area (Å²) in [5, 5.41) is 0. The Hall–Kier alpha value is -2.80. The molecule has 0 atom stereocenters. The molecule has 1 fully saturated rings. The van der Waals surface area contributed by atoms with Gasteiger partial charge in [-0.25, -0.2) is 9.97 Å². The van der Waals surface area contributed by atoms with Gasteiger partial charge in [-0.2, -0.15) is 0 Å². The topological polar surface area (TPSA) is 66.4 Å². The van der Waals surface area contributed by atoms with Crippen LogP contribution in [0.3, 0.4) is 0 Å². The smallest absolute Gasteiger partial charge is 0.229 e. The number of anilines is 2. The van der Waals surface area contributed by atoms with E-state index in [1.807, 2.05) is 24.3 Å². The molecule has 0 bridgehead atoms. The van der Waals surface area contributed by atoms with Crippen molar-refractivity contribution in [3.63, 3.8) is 0 Å². The number of aromatic nitrogens is 2. The fraction of sp³-hybridized carbons (Fsp3) is 0.400. The van der Waals surface area contributed by atoms with E-state index < -0.39 is 0 Å². The first-order valence-corrected chi connectivity index (χ1v) is 13.1. The molecule has 2 heterocycles. The fourth-order valence-corrected chi connectivity index (χ4v) is 5.54. The summed E-state index contributed by atoms with van der Waals surface area (Å²) >= 11 is 0. The molecule has 2 aromatic carbocycles. The highest BCUT2D eigenvalue weighted by atomic mass is 35.5. The Kier molecular flexibility index (Phi) is 10.8. The summed E-state index contributed by atoms with van der Waals surface area (Å²) in [6.07, 6.45) is 8.19. The van der Waals surface area contributed by atoms with E-state index in [1.54, 1.807) is 18.2 Å². The number of carbonyl (C=O) groups excluding carboxylic acids is 2. The molecule has 2 aliphatic rings. The average Bonchev–Trinajstić information content (AvgIpc) is 3.39. The van der Waals surface area contributed by atoms with Gasteiger partial charge in [0, 0.05) is 36.7 Å². The van der Waals surface area contributed by atoms with Gasteiger partial charge in [0.2, 0.25) is 5.91 Å². The fourth-order valence-electron chi connectivity index (χ4n) is 5.54. The molecule has 1 aliphatic heterocycles. The highest BCUT2D eigenvalue weighted by molar-refractivity contribution is 6.00. The van der Waals surface area contributed by atoms with Gasteiger partial charge in [0.25, 0.3) is 0 Å². The van der Waals surface area contributed by atoms with E-state index in [1.165, 1.54) is 5.56 Å². The molecule has 8 heteroatoms. The van der Waals surface area contributed by atoms with Crippen LogP contribution in [-0.2, 0) is 24.2 Å². The second kappa shape index (κ2) is 13.8. The molecule has 202 valence electrons. The number of carbonyl (C=O) groups is 2. The summed E-state index contributed by atoms with van der Waals surface area (Å²) in [5.41, 5.74) is 4.89. The van der Waals surface area contributed by atoms with Crippen LogP contribution >= 0.6 is 24.8 Å². The maximum absolute atomic E-state index is 12.9. The van der Waals surface area contributed by atoms with Crippen molar-refractivity contribution < 1.29 is 9.59 Å². The van der Waals surface area contributed by atoms with Gasteiger partial charge >= 0.3 is 0 Å². The van der Waals surface area contributed by atoms with E-state index in [0.717, 1.165) is 75.1 Å². The lowest BCUT2D eigenvalue weighted by Gasteiger charge is -2.32. The second-order valence-corrected chi connectivity index (χ2v) is 10.0. The number of hydrogen-bond donors (Lipinski definition) is 0. The molecule has 38 heavy (non-hydrogen) atoms. The SMILES string of the molecule is CC(=O)N(c1ccc(C(=O)CCC2CCN(Cc3ccccc3)CC2)cc1)c1ncnc2c1CCC2.Cl.Cl. The normalized spacial score (nSPS) is 15.2. The van der Waals surface area contributed by atoms with Gasteiger partial charge < -0.3 is 0 Å². The Morgan fingerprint density at radius 1 is 0.947 bits per heavy atom. The quantitative estimate of drug-likeness (QED) is 0.302. The van der Waals surface area contributed by atoms with Crippen LogP contribution in [0.15, 0.2) is 60.9 Å². The molecule has 1 saturated heterocycles. The summed E-state index contributed by atoms with van der Waals surface area (Å²) in [4.78, 5) is 38.5. The first kappa shape index (κ1) is 29.8. The third kappa shape index (κ3) is 6.99. The first-order chi connectivity index (χ1) is 17.6. The van der Waals surface area contributed by atoms with Gasteiger partial charge in [-0.1, -0.05) is 30.3 Å². The second-order valence-electron chi connectivity index (χ2n) is 10.0. The van der Waals surface area contributed by atoms with Crippen LogP contribution in [0, 0.1) is 5.92 Å². The standard InChI is InChI=1S/C30H34N4O2.2ClH/c1-22(35)34(30-27-8-5-9-28(27)31-21-32-30)26-13-11-25(12-14-26)29(36)15-10-23-16-18-33(19-17-23)20-24-6-3-2-4-7-24;;/h2-4,6-7,11-14,21,23H,5,8-10,15-20H2,1H3;2*1H. The van der Waals surface area contributed by atoms with Crippen LogP contribution in [-0.4, -0.2) is 39.6 Å². The number of Topliss-reactive ketones (excluding diaryl/α,β-unsaturated/α-hetero) is 1. The van der Waals surface area contributed by atoms with Gasteiger partial charge in [0.05, 0.1) is 5.69 Å². The zero-order valence-electron chi connectivity index (χ0n) is 21.8. The maximum atomic E-state index is 12.9. The molecule has 5 rings (SSSR count). The lowest BCUT2D eigenvalue weighted by molar-refractivity contribution is -0.115. The summed E-state index contributed by atoms with van der Waals surface area (Å²) in [5.74, 6) is 1.35. The minimum absolute atomic E-state index is 0. The number of ketones is 1. The van der Waals surface area contributed by atoms with E-state index in [4.69, 9.17) is 0 Å². The van der Waals surface area contributed by atoms with E-state index in [0.29, 0.717) is 23.7 Å². The minimum atomic E-state index is -0.0968. The zero-order chi connectivity index (χ0) is 24.9. The molecule has 0 radical (unpaired) electrons. The van der Waals surface area contributed by atoms with Crippen LogP contribution in [0.1, 0.15) is 66.2 Å². The summed E-state index contributed by atoms with van der Waals surface area (Å²) < 4.78 is 0. The molecule has 0 saturated carbocycles. The van der Waals surface area contributed by atoms with Gasteiger partial charge in [-0.05, 0) is 87.4 Å². The van der Waals surface area contributed by atoms with Crippen molar-refractivity contribution in [2.75, 3.05) is 18.0 Å². The Balaban J connectivity index is 0.00000200. The Morgan fingerprint density at radius 2 is 1.66 bits per heavy atom.